The zero-order valence-electron chi connectivity index (χ0n) is 16.3. The van der Waals surface area contributed by atoms with Crippen molar-refractivity contribution in [3.05, 3.63) is 81.0 Å². The van der Waals surface area contributed by atoms with E-state index in [4.69, 9.17) is 4.74 Å². The molecule has 0 atom stereocenters. The van der Waals surface area contributed by atoms with E-state index >= 15 is 0 Å². The molecular weight excluding hydrogens is 372 g/mol. The van der Waals surface area contributed by atoms with E-state index in [1.165, 1.54) is 26.2 Å². The molecule has 7 nitrogen and oxygen atoms in total. The molecule has 2 aromatic carbocycles. The number of esters is 1. The first kappa shape index (κ1) is 20.0. The number of Topliss-reactive ketones (excluding diaryl/α,β-unsaturated/α-hetero) is 1. The lowest BCUT2D eigenvalue weighted by molar-refractivity contribution is -0.385. The Labute approximate surface area is 167 Å². The van der Waals surface area contributed by atoms with Crippen LogP contribution in [0.2, 0.25) is 0 Å². The van der Waals surface area contributed by atoms with E-state index in [0.29, 0.717) is 22.4 Å². The van der Waals surface area contributed by atoms with Crippen LogP contribution in [-0.4, -0.2) is 28.4 Å². The molecule has 0 radical (unpaired) electrons. The van der Waals surface area contributed by atoms with Crippen molar-refractivity contribution in [3.63, 3.8) is 0 Å². The number of ketones is 1. The van der Waals surface area contributed by atoms with Gasteiger partial charge in [0.05, 0.1) is 17.6 Å². The summed E-state index contributed by atoms with van der Waals surface area (Å²) >= 11 is 0. The molecular formula is C22H20N2O5. The fourth-order valence-electron chi connectivity index (χ4n) is 3.44. The molecule has 0 unspecified atom stereocenters. The van der Waals surface area contributed by atoms with Crippen molar-refractivity contribution < 1.29 is 19.2 Å². The largest absolute Gasteiger partial charge is 0.464 e. The number of allylic oxidation sites excluding steroid dienone is 1. The SMILES string of the molecule is COC(=O)c1c(C/C(=C\c2ccccc2[N+](=O)[O-])C(C)=O)c2ccccc2n1C. The molecule has 0 amide bonds. The van der Waals surface area contributed by atoms with Gasteiger partial charge in [-0.05, 0) is 30.7 Å². The normalized spacial score (nSPS) is 11.5. The molecule has 0 saturated carbocycles. The fourth-order valence-corrected chi connectivity index (χ4v) is 3.44. The number of hydrogen-bond donors (Lipinski definition) is 0. The van der Waals surface area contributed by atoms with E-state index in [2.05, 4.69) is 0 Å². The van der Waals surface area contributed by atoms with Gasteiger partial charge in [-0.2, -0.15) is 0 Å². The Balaban J connectivity index is 2.19. The molecule has 0 aliphatic carbocycles. The number of aryl methyl sites for hydroxylation is 1. The van der Waals surface area contributed by atoms with E-state index in [1.807, 2.05) is 24.3 Å². The van der Waals surface area contributed by atoms with Gasteiger partial charge in [-0.1, -0.05) is 30.3 Å². The summed E-state index contributed by atoms with van der Waals surface area (Å²) in [5, 5.41) is 12.1. The van der Waals surface area contributed by atoms with Crippen molar-refractivity contribution in [1.82, 2.24) is 4.57 Å². The molecule has 0 spiro atoms. The smallest absolute Gasteiger partial charge is 0.354 e. The third-order valence-corrected chi connectivity index (χ3v) is 4.87. The van der Waals surface area contributed by atoms with Gasteiger partial charge in [0.15, 0.2) is 5.78 Å². The number of nitro benzene ring substituents is 1. The number of ether oxygens (including phenoxy) is 1. The predicted octanol–water partition coefficient (Wildman–Crippen LogP) is 4.09. The molecule has 148 valence electrons. The standard InChI is InChI=1S/C22H20N2O5/c1-14(25)16(12-15-8-4-6-10-19(15)24(27)28)13-18-17-9-5-7-11-20(17)23(2)21(18)22(26)29-3/h4-12H,13H2,1-3H3/b16-12+. The molecule has 3 rings (SSSR count). The van der Waals surface area contributed by atoms with Crippen molar-refractivity contribution in [2.75, 3.05) is 7.11 Å². The van der Waals surface area contributed by atoms with Crippen LogP contribution in [0.5, 0.6) is 0 Å². The topological polar surface area (TPSA) is 91.4 Å². The number of hydrogen-bond acceptors (Lipinski definition) is 5. The van der Waals surface area contributed by atoms with Crippen LogP contribution in [0.25, 0.3) is 17.0 Å². The highest BCUT2D eigenvalue weighted by Gasteiger charge is 2.23. The summed E-state index contributed by atoms with van der Waals surface area (Å²) in [6, 6.07) is 13.7. The van der Waals surface area contributed by atoms with Crippen LogP contribution in [0.3, 0.4) is 0 Å². The lowest BCUT2D eigenvalue weighted by atomic mass is 9.97. The number of carbonyl (C=O) groups is 2. The summed E-state index contributed by atoms with van der Waals surface area (Å²) in [6.45, 7) is 1.41. The second kappa shape index (κ2) is 8.10. The number of para-hydroxylation sites is 2. The van der Waals surface area contributed by atoms with Crippen LogP contribution in [0.15, 0.2) is 54.1 Å². The van der Waals surface area contributed by atoms with Gasteiger partial charge in [-0.3, -0.25) is 14.9 Å². The van der Waals surface area contributed by atoms with Crippen molar-refractivity contribution in [1.29, 1.82) is 0 Å². The van der Waals surface area contributed by atoms with E-state index in [-0.39, 0.29) is 17.9 Å². The van der Waals surface area contributed by atoms with Gasteiger partial charge in [0.1, 0.15) is 5.69 Å². The maximum atomic E-state index is 12.4. The van der Waals surface area contributed by atoms with Crippen molar-refractivity contribution in [2.24, 2.45) is 7.05 Å². The Kier molecular flexibility index (Phi) is 5.59. The minimum atomic E-state index is -0.507. The molecule has 1 heterocycles. The van der Waals surface area contributed by atoms with Crippen molar-refractivity contribution in [3.8, 4) is 0 Å². The summed E-state index contributed by atoms with van der Waals surface area (Å²) in [5.41, 5.74) is 2.44. The number of nitro groups is 1. The summed E-state index contributed by atoms with van der Waals surface area (Å²) in [5.74, 6) is -0.737. The third-order valence-electron chi connectivity index (χ3n) is 4.87. The van der Waals surface area contributed by atoms with Gasteiger partial charge < -0.3 is 9.30 Å². The van der Waals surface area contributed by atoms with Crippen LogP contribution in [0.1, 0.15) is 28.5 Å². The average molecular weight is 392 g/mol. The van der Waals surface area contributed by atoms with Crippen LogP contribution in [0, 0.1) is 10.1 Å². The number of nitrogens with zero attached hydrogens (tertiary/aromatic N) is 2. The van der Waals surface area contributed by atoms with Crippen LogP contribution < -0.4 is 0 Å². The molecule has 7 heteroatoms. The molecule has 0 aliphatic rings. The quantitative estimate of drug-likeness (QED) is 0.273. The van der Waals surface area contributed by atoms with Gasteiger partial charge in [0, 0.05) is 36.0 Å². The highest BCUT2D eigenvalue weighted by atomic mass is 16.6. The monoisotopic (exact) mass is 392 g/mol. The van der Waals surface area contributed by atoms with E-state index in [0.717, 1.165) is 10.9 Å². The first-order chi connectivity index (χ1) is 13.8. The van der Waals surface area contributed by atoms with E-state index < -0.39 is 10.9 Å². The van der Waals surface area contributed by atoms with Crippen LogP contribution in [0.4, 0.5) is 5.69 Å². The van der Waals surface area contributed by atoms with Gasteiger partial charge in [0.2, 0.25) is 0 Å². The maximum absolute atomic E-state index is 12.4. The number of rotatable bonds is 6. The number of fused-ring (bicyclic) bond motifs is 1. The first-order valence-electron chi connectivity index (χ1n) is 8.94. The Morgan fingerprint density at radius 2 is 1.79 bits per heavy atom. The summed E-state index contributed by atoms with van der Waals surface area (Å²) in [7, 11) is 3.07. The van der Waals surface area contributed by atoms with E-state index in [9.17, 15) is 19.7 Å². The Bertz CT molecular complexity index is 1160. The Morgan fingerprint density at radius 3 is 2.45 bits per heavy atom. The molecule has 29 heavy (non-hydrogen) atoms. The van der Waals surface area contributed by atoms with E-state index in [1.54, 1.807) is 29.8 Å². The maximum Gasteiger partial charge on any atom is 0.354 e. The molecule has 0 bridgehead atoms. The summed E-state index contributed by atoms with van der Waals surface area (Å²) in [6.07, 6.45) is 1.66. The molecule has 0 saturated heterocycles. The second-order valence-corrected chi connectivity index (χ2v) is 6.61. The minimum absolute atomic E-state index is 0.0858. The zero-order valence-corrected chi connectivity index (χ0v) is 16.3. The fraction of sp³-hybridized carbons (Fsp3) is 0.182. The Hall–Kier alpha value is -3.74. The van der Waals surface area contributed by atoms with Gasteiger partial charge in [0.25, 0.3) is 5.69 Å². The molecule has 0 aliphatic heterocycles. The molecule has 0 fully saturated rings. The number of benzene rings is 2. The molecule has 1 aromatic heterocycles. The minimum Gasteiger partial charge on any atom is -0.464 e. The number of carbonyl (C=O) groups excluding carboxylic acids is 2. The molecule has 0 N–H and O–H groups in total. The highest BCUT2D eigenvalue weighted by molar-refractivity contribution is 6.03. The first-order valence-corrected chi connectivity index (χ1v) is 8.94. The Morgan fingerprint density at radius 1 is 1.14 bits per heavy atom. The van der Waals surface area contributed by atoms with Crippen molar-refractivity contribution in [2.45, 2.75) is 13.3 Å². The lowest BCUT2D eigenvalue weighted by Crippen LogP contribution is -2.12. The summed E-state index contributed by atoms with van der Waals surface area (Å²) in [4.78, 5) is 35.6. The molecule has 3 aromatic rings. The predicted molar refractivity (Wildman–Crippen MR) is 110 cm³/mol. The van der Waals surface area contributed by atoms with Crippen LogP contribution >= 0.6 is 0 Å². The van der Waals surface area contributed by atoms with Gasteiger partial charge in [-0.15, -0.1) is 0 Å². The average Bonchev–Trinajstić information content (AvgIpc) is 2.99. The van der Waals surface area contributed by atoms with Gasteiger partial charge >= 0.3 is 5.97 Å². The summed E-state index contributed by atoms with van der Waals surface area (Å²) < 4.78 is 6.68. The number of aromatic nitrogens is 1. The van der Waals surface area contributed by atoms with Gasteiger partial charge in [-0.25, -0.2) is 4.79 Å². The third kappa shape index (κ3) is 3.80. The lowest BCUT2D eigenvalue weighted by Gasteiger charge is -2.08. The van der Waals surface area contributed by atoms with Crippen LogP contribution in [-0.2, 0) is 23.0 Å². The van der Waals surface area contributed by atoms with Crippen molar-refractivity contribution >= 4 is 34.4 Å². The highest BCUT2D eigenvalue weighted by Crippen LogP contribution is 2.30. The zero-order chi connectivity index (χ0) is 21.1. The number of methoxy groups -OCH3 is 1. The second-order valence-electron chi connectivity index (χ2n) is 6.61.